The van der Waals surface area contributed by atoms with Gasteiger partial charge in [-0.2, -0.15) is 15.0 Å². The van der Waals surface area contributed by atoms with Crippen LogP contribution in [0.15, 0.2) is 24.3 Å². The monoisotopic (exact) mass is 443 g/mol. The quantitative estimate of drug-likeness (QED) is 0.504. The Balaban J connectivity index is 0.000000913. The number of aromatic nitrogens is 3. The molecule has 2 aliphatic heterocycles. The number of hydrogen-bond donors (Lipinski definition) is 4. The summed E-state index contributed by atoms with van der Waals surface area (Å²) in [7, 11) is 0. The number of nitrogens with one attached hydrogen (secondary N) is 2. The molecule has 0 bridgehead atoms. The number of likely N-dealkylation sites (tertiary alicyclic amines) is 1. The Hall–Kier alpha value is -3.31. The molecule has 11 nitrogen and oxygen atoms in total. The summed E-state index contributed by atoms with van der Waals surface area (Å²) in [6.07, 6.45) is 2.16. The zero-order valence-corrected chi connectivity index (χ0v) is 18.1. The summed E-state index contributed by atoms with van der Waals surface area (Å²) in [6, 6.07) is 7.99. The summed E-state index contributed by atoms with van der Waals surface area (Å²) >= 11 is 0. The first-order chi connectivity index (χ1) is 15.4. The normalized spacial score (nSPS) is 18.1. The number of anilines is 3. The standard InChI is InChI=1S/C20H27N7O2.CH2O2/c1-14-3-2-4-15(11-14)23-19-25-16(24-18(21)26-19)12-27-8-6-20(7-9-27)13-22-17(28)5-10-29-20;2-1-3/h2-4,11H,5-10,12-13H2,1H3,(H,22,28)(H3,21,23,24,25,26);1H,(H,2,3). The second-order valence-electron chi connectivity index (χ2n) is 7.87. The predicted octanol–water partition coefficient (Wildman–Crippen LogP) is 1.08. The Kier molecular flexibility index (Phi) is 7.90. The first-order valence-corrected chi connectivity index (χ1v) is 10.5. The summed E-state index contributed by atoms with van der Waals surface area (Å²) in [5.41, 5.74) is 7.72. The van der Waals surface area contributed by atoms with E-state index in [0.29, 0.717) is 37.9 Å². The van der Waals surface area contributed by atoms with Crippen molar-refractivity contribution in [2.45, 2.75) is 38.3 Å². The fourth-order valence-electron chi connectivity index (χ4n) is 3.82. The lowest BCUT2D eigenvalue weighted by Gasteiger charge is -2.40. The van der Waals surface area contributed by atoms with Crippen LogP contribution in [-0.2, 0) is 20.9 Å². The van der Waals surface area contributed by atoms with Gasteiger partial charge in [0.05, 0.1) is 18.8 Å². The van der Waals surface area contributed by atoms with Gasteiger partial charge in [0.25, 0.3) is 6.47 Å². The molecular weight excluding hydrogens is 414 g/mol. The molecule has 4 rings (SSSR count). The second kappa shape index (κ2) is 10.8. The summed E-state index contributed by atoms with van der Waals surface area (Å²) in [5, 5.41) is 13.1. The summed E-state index contributed by atoms with van der Waals surface area (Å²) in [4.78, 5) is 35.3. The second-order valence-corrected chi connectivity index (χ2v) is 7.87. The lowest BCUT2D eigenvalue weighted by molar-refractivity contribution is -0.123. The van der Waals surface area contributed by atoms with Crippen LogP contribution >= 0.6 is 0 Å². The van der Waals surface area contributed by atoms with Gasteiger partial charge in [-0.05, 0) is 37.5 Å². The van der Waals surface area contributed by atoms with E-state index < -0.39 is 0 Å². The van der Waals surface area contributed by atoms with E-state index in [1.54, 1.807) is 0 Å². The van der Waals surface area contributed by atoms with Crippen LogP contribution in [0, 0.1) is 6.92 Å². The molecule has 5 N–H and O–H groups in total. The van der Waals surface area contributed by atoms with Crippen molar-refractivity contribution in [2.75, 3.05) is 37.3 Å². The number of rotatable bonds is 4. The summed E-state index contributed by atoms with van der Waals surface area (Å²) in [5.74, 6) is 1.35. The highest BCUT2D eigenvalue weighted by molar-refractivity contribution is 5.76. The number of carboxylic acid groups (broad SMARTS) is 1. The molecule has 172 valence electrons. The largest absolute Gasteiger partial charge is 0.483 e. The number of carbonyl (C=O) groups is 2. The number of aryl methyl sites for hydroxylation is 1. The Morgan fingerprint density at radius 3 is 2.78 bits per heavy atom. The predicted molar refractivity (Wildman–Crippen MR) is 118 cm³/mol. The summed E-state index contributed by atoms with van der Waals surface area (Å²) in [6.45, 7) is 5.15. The van der Waals surface area contributed by atoms with Crippen LogP contribution in [0.5, 0.6) is 0 Å². The molecule has 2 aromatic rings. The molecule has 1 spiro atoms. The third-order valence-electron chi connectivity index (χ3n) is 5.45. The van der Waals surface area contributed by atoms with Crippen molar-refractivity contribution in [2.24, 2.45) is 0 Å². The first kappa shape index (κ1) is 23.4. The first-order valence-electron chi connectivity index (χ1n) is 10.5. The Morgan fingerprint density at radius 2 is 2.06 bits per heavy atom. The van der Waals surface area contributed by atoms with Crippen LogP contribution in [0.3, 0.4) is 0 Å². The number of nitrogens with zero attached hydrogens (tertiary/aromatic N) is 4. The zero-order chi connectivity index (χ0) is 23.0. The number of nitrogen functional groups attached to an aromatic ring is 1. The highest BCUT2D eigenvalue weighted by Gasteiger charge is 2.37. The van der Waals surface area contributed by atoms with Gasteiger partial charge in [-0.25, -0.2) is 0 Å². The molecule has 0 aliphatic carbocycles. The molecular formula is C21H29N7O4. The molecule has 0 saturated carbocycles. The average molecular weight is 444 g/mol. The number of nitrogens with two attached hydrogens (primary N) is 1. The van der Waals surface area contributed by atoms with Gasteiger partial charge in [0, 0.05) is 31.7 Å². The van der Waals surface area contributed by atoms with Gasteiger partial charge in [-0.15, -0.1) is 0 Å². The molecule has 0 radical (unpaired) electrons. The van der Waals surface area contributed by atoms with Crippen LogP contribution in [-0.4, -0.2) is 69.2 Å². The number of hydrogen-bond acceptors (Lipinski definition) is 9. The number of ether oxygens (including phenoxy) is 1. The summed E-state index contributed by atoms with van der Waals surface area (Å²) < 4.78 is 6.03. The van der Waals surface area contributed by atoms with E-state index in [4.69, 9.17) is 20.4 Å². The van der Waals surface area contributed by atoms with Gasteiger partial charge in [-0.3, -0.25) is 14.5 Å². The van der Waals surface area contributed by atoms with E-state index >= 15 is 0 Å². The number of carbonyl (C=O) groups excluding carboxylic acids is 1. The fraction of sp³-hybridized carbons (Fsp3) is 0.476. The van der Waals surface area contributed by atoms with Crippen LogP contribution < -0.4 is 16.4 Å². The van der Waals surface area contributed by atoms with Crippen molar-refractivity contribution >= 4 is 30.0 Å². The minimum atomic E-state index is -0.251. The van der Waals surface area contributed by atoms with Crippen LogP contribution in [0.4, 0.5) is 17.6 Å². The van der Waals surface area contributed by atoms with Gasteiger partial charge in [-0.1, -0.05) is 12.1 Å². The maximum absolute atomic E-state index is 11.6. The van der Waals surface area contributed by atoms with E-state index in [2.05, 4.69) is 30.5 Å². The molecule has 1 aromatic carbocycles. The maximum atomic E-state index is 11.6. The third kappa shape index (κ3) is 6.59. The van der Waals surface area contributed by atoms with Crippen molar-refractivity contribution in [3.63, 3.8) is 0 Å². The molecule has 2 saturated heterocycles. The van der Waals surface area contributed by atoms with Crippen molar-refractivity contribution in [3.8, 4) is 0 Å². The molecule has 32 heavy (non-hydrogen) atoms. The molecule has 2 aliphatic rings. The van der Waals surface area contributed by atoms with Gasteiger partial charge in [0.2, 0.25) is 17.8 Å². The highest BCUT2D eigenvalue weighted by atomic mass is 16.5. The Labute approximate surface area is 186 Å². The van der Waals surface area contributed by atoms with Crippen molar-refractivity contribution in [1.29, 1.82) is 0 Å². The van der Waals surface area contributed by atoms with Crippen molar-refractivity contribution in [1.82, 2.24) is 25.2 Å². The van der Waals surface area contributed by atoms with E-state index in [-0.39, 0.29) is 23.9 Å². The lowest BCUT2D eigenvalue weighted by Crippen LogP contribution is -2.50. The number of amides is 1. The SMILES string of the molecule is Cc1cccc(Nc2nc(N)nc(CN3CCC4(CC3)CNC(=O)CCO4)n2)c1.O=CO. The van der Waals surface area contributed by atoms with Crippen LogP contribution in [0.2, 0.25) is 0 Å². The van der Waals surface area contributed by atoms with Crippen LogP contribution in [0.1, 0.15) is 30.7 Å². The molecule has 0 atom stereocenters. The van der Waals surface area contributed by atoms with Crippen molar-refractivity contribution in [3.05, 3.63) is 35.7 Å². The highest BCUT2D eigenvalue weighted by Crippen LogP contribution is 2.28. The Bertz CT molecular complexity index is 932. The number of benzene rings is 1. The minimum Gasteiger partial charge on any atom is -0.483 e. The van der Waals surface area contributed by atoms with E-state index in [0.717, 1.165) is 37.2 Å². The molecule has 1 aromatic heterocycles. The van der Waals surface area contributed by atoms with Gasteiger partial charge in [0.1, 0.15) is 5.82 Å². The zero-order valence-electron chi connectivity index (χ0n) is 18.1. The van der Waals surface area contributed by atoms with Crippen LogP contribution in [0.25, 0.3) is 0 Å². The smallest absolute Gasteiger partial charge is 0.290 e. The average Bonchev–Trinajstić information content (AvgIpc) is 2.92. The Morgan fingerprint density at radius 1 is 1.31 bits per heavy atom. The fourth-order valence-corrected chi connectivity index (χ4v) is 3.82. The third-order valence-corrected chi connectivity index (χ3v) is 5.45. The topological polar surface area (TPSA) is 156 Å². The lowest BCUT2D eigenvalue weighted by atomic mass is 9.91. The molecule has 0 unspecified atom stereocenters. The van der Waals surface area contributed by atoms with Gasteiger partial charge >= 0.3 is 0 Å². The molecule has 1 amide bonds. The molecule has 11 heteroatoms. The van der Waals surface area contributed by atoms with Gasteiger partial charge < -0.3 is 26.2 Å². The number of piperidine rings is 1. The maximum Gasteiger partial charge on any atom is 0.290 e. The van der Waals surface area contributed by atoms with Crippen molar-refractivity contribution < 1.29 is 19.4 Å². The van der Waals surface area contributed by atoms with E-state index in [1.165, 1.54) is 0 Å². The molecule has 2 fully saturated rings. The van der Waals surface area contributed by atoms with E-state index in [1.807, 2.05) is 31.2 Å². The van der Waals surface area contributed by atoms with E-state index in [9.17, 15) is 4.79 Å². The minimum absolute atomic E-state index is 0.0682. The molecule has 3 heterocycles. The van der Waals surface area contributed by atoms with Gasteiger partial charge in [0.15, 0.2) is 0 Å².